The van der Waals surface area contributed by atoms with Crippen molar-refractivity contribution in [3.05, 3.63) is 57.1 Å². The van der Waals surface area contributed by atoms with Gasteiger partial charge in [-0.1, -0.05) is 34.8 Å². The molecule has 0 saturated heterocycles. The number of nitrogens with two attached hydrogens (primary N) is 1. The molecule has 0 bridgehead atoms. The summed E-state index contributed by atoms with van der Waals surface area (Å²) < 4.78 is 1.75. The summed E-state index contributed by atoms with van der Waals surface area (Å²) in [7, 11) is 0. The Morgan fingerprint density at radius 2 is 2.09 bits per heavy atom. The third kappa shape index (κ3) is 2.32. The van der Waals surface area contributed by atoms with Crippen LogP contribution in [0.5, 0.6) is 0 Å². The quantitative estimate of drug-likeness (QED) is 0.721. The third-order valence-electron chi connectivity index (χ3n) is 3.41. The lowest BCUT2D eigenvalue weighted by molar-refractivity contribution is 0.963. The third-order valence-corrected chi connectivity index (χ3v) is 3.96. The molecule has 0 amide bonds. The molecule has 1 aromatic carbocycles. The zero-order valence-electron chi connectivity index (χ0n) is 11.6. The molecular weight excluding hydrogens is 321 g/mol. The van der Waals surface area contributed by atoms with Crippen molar-refractivity contribution < 1.29 is 0 Å². The molecule has 0 aliphatic rings. The molecule has 3 aromatic rings. The van der Waals surface area contributed by atoms with Gasteiger partial charge in [0, 0.05) is 28.9 Å². The molecule has 0 radical (unpaired) electrons. The predicted octanol–water partition coefficient (Wildman–Crippen LogP) is 4.02. The van der Waals surface area contributed by atoms with Crippen molar-refractivity contribution >= 4 is 34.8 Å². The highest BCUT2D eigenvalue weighted by molar-refractivity contribution is 6.36. The number of benzene rings is 1. The second kappa shape index (κ2) is 5.58. The summed E-state index contributed by atoms with van der Waals surface area (Å²) in [6.45, 7) is 9.29. The van der Waals surface area contributed by atoms with Crippen LogP contribution in [0.2, 0.25) is 10.0 Å². The van der Waals surface area contributed by atoms with Gasteiger partial charge in [0.2, 0.25) is 0 Å². The van der Waals surface area contributed by atoms with E-state index in [4.69, 9.17) is 35.5 Å². The van der Waals surface area contributed by atoms with Gasteiger partial charge >= 0.3 is 5.78 Å². The maximum atomic E-state index is 7.13. The Morgan fingerprint density at radius 3 is 2.73 bits per heavy atom. The lowest BCUT2D eigenvalue weighted by Crippen LogP contribution is -2.08. The van der Waals surface area contributed by atoms with Gasteiger partial charge in [-0.2, -0.15) is 4.98 Å². The second-order valence-corrected chi connectivity index (χ2v) is 5.58. The summed E-state index contributed by atoms with van der Waals surface area (Å²) >= 11 is 12.3. The van der Waals surface area contributed by atoms with Crippen LogP contribution in [-0.2, 0) is 6.54 Å². The van der Waals surface area contributed by atoms with Crippen LogP contribution in [0.25, 0.3) is 21.9 Å². The average Bonchev–Trinajstić information content (AvgIpc) is 2.89. The van der Waals surface area contributed by atoms with Crippen LogP contribution >= 0.6 is 23.2 Å². The summed E-state index contributed by atoms with van der Waals surface area (Å²) in [5.74, 6) is 0.717. The number of fused-ring (bicyclic) bond motifs is 1. The van der Waals surface area contributed by atoms with Gasteiger partial charge in [-0.25, -0.2) is 0 Å². The van der Waals surface area contributed by atoms with E-state index in [0.717, 1.165) is 22.5 Å². The van der Waals surface area contributed by atoms with Crippen LogP contribution in [0.3, 0.4) is 0 Å². The van der Waals surface area contributed by atoms with Crippen LogP contribution < -0.4 is 5.73 Å². The number of aromatic nitrogens is 3. The maximum absolute atomic E-state index is 7.13. The van der Waals surface area contributed by atoms with Gasteiger partial charge in [0.25, 0.3) is 5.82 Å². The highest BCUT2D eigenvalue weighted by Crippen LogP contribution is 2.34. The number of hydrogen-bond acceptors (Lipinski definition) is 3. The molecular formula is C15H11Cl2N5. The molecule has 0 atom stereocenters. The highest BCUT2D eigenvalue weighted by atomic mass is 35.5. The predicted molar refractivity (Wildman–Crippen MR) is 87.3 cm³/mol. The van der Waals surface area contributed by atoms with Gasteiger partial charge in [0.1, 0.15) is 0 Å². The van der Waals surface area contributed by atoms with Crippen LogP contribution in [-0.4, -0.2) is 14.4 Å². The van der Waals surface area contributed by atoms with Crippen LogP contribution in [0.15, 0.2) is 24.4 Å². The number of nitrogens with zero attached hydrogens (tertiary/aromatic N) is 4. The molecule has 0 saturated carbocycles. The van der Waals surface area contributed by atoms with E-state index >= 15 is 0 Å². The Balaban J connectivity index is 2.44. The lowest BCUT2D eigenvalue weighted by Gasteiger charge is -2.14. The molecule has 3 rings (SSSR count). The fourth-order valence-electron chi connectivity index (χ4n) is 2.41. The fraction of sp³-hybridized carbons (Fsp3) is 0.133. The van der Waals surface area contributed by atoms with Crippen molar-refractivity contribution in [2.45, 2.75) is 13.5 Å². The minimum atomic E-state index is 0.271. The largest absolute Gasteiger partial charge is 0.359 e. The van der Waals surface area contributed by atoms with Crippen LogP contribution in [0, 0.1) is 13.5 Å². The summed E-state index contributed by atoms with van der Waals surface area (Å²) in [5, 5.41) is 1.06. The summed E-state index contributed by atoms with van der Waals surface area (Å²) in [5.41, 5.74) is 9.07. The SMILES string of the molecule is [C-]#[N+]c1cn2c(-c3ccc(Cl)cc3Cl)c(CN)c(C)nc2n1. The van der Waals surface area contributed by atoms with Gasteiger partial charge in [-0.3, -0.25) is 4.40 Å². The van der Waals surface area contributed by atoms with E-state index in [9.17, 15) is 0 Å². The van der Waals surface area contributed by atoms with Gasteiger partial charge in [0.05, 0.1) is 16.4 Å². The van der Waals surface area contributed by atoms with E-state index in [1.54, 1.807) is 22.7 Å². The topological polar surface area (TPSA) is 60.6 Å². The first-order chi connectivity index (χ1) is 10.5. The number of imidazole rings is 1. The van der Waals surface area contributed by atoms with E-state index in [1.807, 2.05) is 13.0 Å². The molecule has 2 aromatic heterocycles. The molecule has 0 aliphatic heterocycles. The van der Waals surface area contributed by atoms with Crippen molar-refractivity contribution in [1.82, 2.24) is 14.4 Å². The monoisotopic (exact) mass is 331 g/mol. The number of halogens is 2. The Bertz CT molecular complexity index is 924. The van der Waals surface area contributed by atoms with Crippen LogP contribution in [0.4, 0.5) is 5.82 Å². The minimum absolute atomic E-state index is 0.271. The number of aryl methyl sites for hydroxylation is 1. The Kier molecular flexibility index (Phi) is 3.75. The van der Waals surface area contributed by atoms with Gasteiger partial charge in [0.15, 0.2) is 0 Å². The second-order valence-electron chi connectivity index (χ2n) is 4.73. The van der Waals surface area contributed by atoms with Crippen molar-refractivity contribution in [1.29, 1.82) is 0 Å². The normalized spacial score (nSPS) is 10.9. The molecule has 0 aliphatic carbocycles. The maximum Gasteiger partial charge on any atom is 0.330 e. The molecule has 110 valence electrons. The molecule has 2 heterocycles. The number of hydrogen-bond donors (Lipinski definition) is 1. The van der Waals surface area contributed by atoms with E-state index in [-0.39, 0.29) is 5.82 Å². The molecule has 0 fully saturated rings. The highest BCUT2D eigenvalue weighted by Gasteiger charge is 2.19. The molecule has 7 heteroatoms. The minimum Gasteiger partial charge on any atom is -0.359 e. The fourth-order valence-corrected chi connectivity index (χ4v) is 2.91. The number of rotatable bonds is 2. The van der Waals surface area contributed by atoms with Crippen LogP contribution in [0.1, 0.15) is 11.3 Å². The molecule has 0 spiro atoms. The first-order valence-corrected chi connectivity index (χ1v) is 7.22. The Morgan fingerprint density at radius 1 is 1.32 bits per heavy atom. The smallest absolute Gasteiger partial charge is 0.330 e. The van der Waals surface area contributed by atoms with Gasteiger partial charge < -0.3 is 10.6 Å². The molecule has 5 nitrogen and oxygen atoms in total. The van der Waals surface area contributed by atoms with E-state index in [0.29, 0.717) is 22.4 Å². The van der Waals surface area contributed by atoms with Crippen molar-refractivity contribution in [2.24, 2.45) is 5.73 Å². The van der Waals surface area contributed by atoms with Gasteiger partial charge in [-0.15, -0.1) is 0 Å². The van der Waals surface area contributed by atoms with E-state index in [1.165, 1.54) is 0 Å². The first kappa shape index (κ1) is 14.8. The van der Waals surface area contributed by atoms with E-state index in [2.05, 4.69) is 14.8 Å². The summed E-state index contributed by atoms with van der Waals surface area (Å²) in [6, 6.07) is 5.26. The Labute approximate surface area is 137 Å². The van der Waals surface area contributed by atoms with Crippen molar-refractivity contribution in [3.63, 3.8) is 0 Å². The first-order valence-electron chi connectivity index (χ1n) is 6.46. The molecule has 2 N–H and O–H groups in total. The summed E-state index contributed by atoms with van der Waals surface area (Å²) in [6.07, 6.45) is 1.63. The van der Waals surface area contributed by atoms with Crippen molar-refractivity contribution in [3.8, 4) is 11.3 Å². The molecule has 0 unspecified atom stereocenters. The average molecular weight is 332 g/mol. The standard InChI is InChI=1S/C15H11Cl2N5/c1-8-11(6-18)14(10-4-3-9(16)5-12(10)17)22-7-13(19-2)21-15(22)20-8/h3-5,7H,6,18H2,1H3. The zero-order valence-corrected chi connectivity index (χ0v) is 13.2. The lowest BCUT2D eigenvalue weighted by atomic mass is 10.0. The Hall–Kier alpha value is -2.13. The van der Waals surface area contributed by atoms with Gasteiger partial charge in [-0.05, 0) is 25.1 Å². The summed E-state index contributed by atoms with van der Waals surface area (Å²) in [4.78, 5) is 12.0. The molecule has 22 heavy (non-hydrogen) atoms. The van der Waals surface area contributed by atoms with Crippen molar-refractivity contribution in [2.75, 3.05) is 0 Å². The van der Waals surface area contributed by atoms with E-state index < -0.39 is 0 Å². The zero-order chi connectivity index (χ0) is 15.9.